The van der Waals surface area contributed by atoms with Gasteiger partial charge in [0.15, 0.2) is 0 Å². The molecule has 4 heteroatoms. The molecule has 1 N–H and O–H groups in total. The van der Waals surface area contributed by atoms with Crippen molar-refractivity contribution in [3.63, 3.8) is 0 Å². The molecule has 0 aliphatic heterocycles. The monoisotopic (exact) mass is 346 g/mol. The first-order valence-electron chi connectivity index (χ1n) is 8.57. The van der Waals surface area contributed by atoms with Crippen molar-refractivity contribution in [2.45, 2.75) is 27.3 Å². The molecule has 0 atom stereocenters. The van der Waals surface area contributed by atoms with E-state index >= 15 is 0 Å². The Balaban J connectivity index is 1.85. The number of benzene rings is 2. The minimum absolute atomic E-state index is 0.130. The zero-order valence-corrected chi connectivity index (χ0v) is 15.2. The highest BCUT2D eigenvalue weighted by Crippen LogP contribution is 2.20. The third-order valence-electron chi connectivity index (χ3n) is 4.44. The second kappa shape index (κ2) is 7.40. The van der Waals surface area contributed by atoms with E-state index in [-0.39, 0.29) is 11.5 Å². The molecule has 0 unspecified atom stereocenters. The fraction of sp³-hybridized carbons (Fsp3) is 0.182. The Kier molecular flexibility index (Phi) is 5.03. The normalized spacial score (nSPS) is 10.6. The minimum Gasteiger partial charge on any atom is -0.321 e. The Hall–Kier alpha value is -3.14. The summed E-state index contributed by atoms with van der Waals surface area (Å²) in [6.07, 6.45) is 1.62. The van der Waals surface area contributed by atoms with Crippen LogP contribution in [0.25, 0.3) is 0 Å². The lowest BCUT2D eigenvalue weighted by Gasteiger charge is -2.13. The van der Waals surface area contributed by atoms with Crippen molar-refractivity contribution in [2.75, 3.05) is 5.32 Å². The molecule has 3 rings (SSSR count). The van der Waals surface area contributed by atoms with Crippen molar-refractivity contribution in [2.24, 2.45) is 0 Å². The fourth-order valence-corrected chi connectivity index (χ4v) is 2.88. The number of hydrogen-bond donors (Lipinski definition) is 1. The molecule has 0 saturated heterocycles. The van der Waals surface area contributed by atoms with Gasteiger partial charge in [0.2, 0.25) is 0 Å². The number of nitrogens with one attached hydrogen (secondary N) is 1. The van der Waals surface area contributed by atoms with E-state index in [9.17, 15) is 9.59 Å². The number of para-hydroxylation sites is 1. The second-order valence-corrected chi connectivity index (χ2v) is 6.59. The van der Waals surface area contributed by atoms with Gasteiger partial charge in [-0.3, -0.25) is 9.59 Å². The topological polar surface area (TPSA) is 51.1 Å². The van der Waals surface area contributed by atoms with Gasteiger partial charge in [0, 0.05) is 18.0 Å². The molecule has 3 aromatic rings. The lowest BCUT2D eigenvalue weighted by molar-refractivity contribution is 0.102. The van der Waals surface area contributed by atoms with Crippen molar-refractivity contribution in [3.8, 4) is 0 Å². The maximum absolute atomic E-state index is 12.7. The van der Waals surface area contributed by atoms with Crippen molar-refractivity contribution in [1.82, 2.24) is 4.57 Å². The molecule has 1 heterocycles. The van der Waals surface area contributed by atoms with Crippen LogP contribution in [0.1, 0.15) is 32.6 Å². The third-order valence-corrected chi connectivity index (χ3v) is 4.44. The third kappa shape index (κ3) is 3.91. The number of pyridine rings is 1. The number of carbonyl (C=O) groups excluding carboxylic acids is 1. The Bertz CT molecular complexity index is 981. The quantitative estimate of drug-likeness (QED) is 0.774. The molecule has 132 valence electrons. The zero-order chi connectivity index (χ0) is 18.7. The SMILES string of the molecule is Cc1ccc(Cn2cc(C(=O)Nc3c(C)cccc3C)ccc2=O)cc1. The number of nitrogens with zero attached hydrogens (tertiary/aromatic N) is 1. The van der Waals surface area contributed by atoms with Crippen LogP contribution in [0.5, 0.6) is 0 Å². The smallest absolute Gasteiger partial charge is 0.257 e. The summed E-state index contributed by atoms with van der Waals surface area (Å²) in [5.41, 5.74) is 5.34. The molecule has 26 heavy (non-hydrogen) atoms. The predicted molar refractivity (Wildman–Crippen MR) is 105 cm³/mol. The summed E-state index contributed by atoms with van der Waals surface area (Å²) >= 11 is 0. The van der Waals surface area contributed by atoms with Crippen LogP contribution in [0.2, 0.25) is 0 Å². The average molecular weight is 346 g/mol. The highest BCUT2D eigenvalue weighted by Gasteiger charge is 2.11. The molecule has 0 aliphatic rings. The summed E-state index contributed by atoms with van der Waals surface area (Å²) in [5, 5.41) is 2.96. The number of rotatable bonds is 4. The molecule has 0 radical (unpaired) electrons. The molecule has 0 spiro atoms. The van der Waals surface area contributed by atoms with Crippen LogP contribution in [0, 0.1) is 20.8 Å². The number of anilines is 1. The Labute approximate surface area is 153 Å². The highest BCUT2D eigenvalue weighted by atomic mass is 16.2. The summed E-state index contributed by atoms with van der Waals surface area (Å²) in [5.74, 6) is -0.222. The van der Waals surface area contributed by atoms with Gasteiger partial charge in [0.05, 0.1) is 12.1 Å². The maximum atomic E-state index is 12.7. The van der Waals surface area contributed by atoms with Crippen molar-refractivity contribution < 1.29 is 4.79 Å². The number of aromatic nitrogens is 1. The van der Waals surface area contributed by atoms with Crippen LogP contribution in [-0.4, -0.2) is 10.5 Å². The van der Waals surface area contributed by atoms with Crippen LogP contribution < -0.4 is 10.9 Å². The first-order chi connectivity index (χ1) is 12.4. The Morgan fingerprint density at radius 2 is 1.58 bits per heavy atom. The molecule has 1 aromatic heterocycles. The van der Waals surface area contributed by atoms with Gasteiger partial charge in [-0.05, 0) is 43.5 Å². The van der Waals surface area contributed by atoms with Gasteiger partial charge in [0.25, 0.3) is 11.5 Å². The van der Waals surface area contributed by atoms with E-state index in [2.05, 4.69) is 5.32 Å². The van der Waals surface area contributed by atoms with Crippen LogP contribution in [0.15, 0.2) is 65.6 Å². The van der Waals surface area contributed by atoms with Gasteiger partial charge in [-0.15, -0.1) is 0 Å². The zero-order valence-electron chi connectivity index (χ0n) is 15.2. The van der Waals surface area contributed by atoms with E-state index in [0.29, 0.717) is 12.1 Å². The maximum Gasteiger partial charge on any atom is 0.257 e. The molecule has 1 amide bonds. The Morgan fingerprint density at radius 3 is 2.23 bits per heavy atom. The summed E-state index contributed by atoms with van der Waals surface area (Å²) in [4.78, 5) is 24.8. The number of aryl methyl sites for hydroxylation is 3. The first-order valence-corrected chi connectivity index (χ1v) is 8.57. The fourth-order valence-electron chi connectivity index (χ4n) is 2.88. The van der Waals surface area contributed by atoms with Crippen molar-refractivity contribution in [1.29, 1.82) is 0 Å². The van der Waals surface area contributed by atoms with Gasteiger partial charge in [0.1, 0.15) is 0 Å². The molecule has 0 bridgehead atoms. The highest BCUT2D eigenvalue weighted by molar-refractivity contribution is 6.04. The molecule has 4 nitrogen and oxygen atoms in total. The largest absolute Gasteiger partial charge is 0.321 e. The van der Waals surface area contributed by atoms with Gasteiger partial charge in [-0.25, -0.2) is 0 Å². The molecule has 0 fully saturated rings. The van der Waals surface area contributed by atoms with Gasteiger partial charge in [-0.1, -0.05) is 48.0 Å². The molecular weight excluding hydrogens is 324 g/mol. The lowest BCUT2D eigenvalue weighted by atomic mass is 10.1. The van der Waals surface area contributed by atoms with E-state index in [1.165, 1.54) is 11.6 Å². The van der Waals surface area contributed by atoms with Crippen LogP contribution in [-0.2, 0) is 6.54 Å². The van der Waals surface area contributed by atoms with E-state index in [1.807, 2.05) is 63.2 Å². The first kappa shape index (κ1) is 17.7. The Morgan fingerprint density at radius 1 is 0.923 bits per heavy atom. The van der Waals surface area contributed by atoms with Crippen molar-refractivity contribution in [3.05, 3.63) is 99.0 Å². The van der Waals surface area contributed by atoms with E-state index in [1.54, 1.807) is 16.8 Å². The molecular formula is C22H22N2O2. The van der Waals surface area contributed by atoms with E-state index in [0.717, 1.165) is 22.4 Å². The summed E-state index contributed by atoms with van der Waals surface area (Å²) in [7, 11) is 0. The number of carbonyl (C=O) groups is 1. The van der Waals surface area contributed by atoms with Gasteiger partial charge in [-0.2, -0.15) is 0 Å². The van der Waals surface area contributed by atoms with E-state index < -0.39 is 0 Å². The summed E-state index contributed by atoms with van der Waals surface area (Å²) in [6.45, 7) is 6.37. The molecule has 2 aromatic carbocycles. The van der Waals surface area contributed by atoms with Crippen LogP contribution >= 0.6 is 0 Å². The minimum atomic E-state index is -0.222. The lowest BCUT2D eigenvalue weighted by Crippen LogP contribution is -2.23. The van der Waals surface area contributed by atoms with Gasteiger partial charge >= 0.3 is 0 Å². The van der Waals surface area contributed by atoms with Crippen molar-refractivity contribution >= 4 is 11.6 Å². The standard InChI is InChI=1S/C22H22N2O2/c1-15-7-9-18(10-8-15)13-24-14-19(11-12-20(24)25)22(26)23-21-16(2)5-4-6-17(21)3/h4-12,14H,13H2,1-3H3,(H,23,26). The molecule has 0 saturated carbocycles. The van der Waals surface area contributed by atoms with Gasteiger partial charge < -0.3 is 9.88 Å². The summed E-state index contributed by atoms with van der Waals surface area (Å²) < 4.78 is 1.56. The number of hydrogen-bond acceptors (Lipinski definition) is 2. The van der Waals surface area contributed by atoms with Crippen LogP contribution in [0.4, 0.5) is 5.69 Å². The predicted octanol–water partition coefficient (Wildman–Crippen LogP) is 4.07. The summed E-state index contributed by atoms with van der Waals surface area (Å²) in [6, 6.07) is 16.9. The van der Waals surface area contributed by atoms with E-state index in [4.69, 9.17) is 0 Å². The van der Waals surface area contributed by atoms with Crippen LogP contribution in [0.3, 0.4) is 0 Å². The average Bonchev–Trinajstić information content (AvgIpc) is 2.62. The second-order valence-electron chi connectivity index (χ2n) is 6.59. The number of amides is 1. The molecule has 0 aliphatic carbocycles.